The lowest BCUT2D eigenvalue weighted by molar-refractivity contribution is 0.179. The van der Waals surface area contributed by atoms with E-state index in [0.717, 1.165) is 31.5 Å². The average molecular weight is 534 g/mol. The maximum atomic E-state index is 4.41. The predicted octanol–water partition coefficient (Wildman–Crippen LogP) is 4.01. The lowest BCUT2D eigenvalue weighted by Crippen LogP contribution is -2.43. The molecule has 1 aromatic heterocycles. The number of aliphatic imine (C=N–C) groups is 1. The summed E-state index contributed by atoms with van der Waals surface area (Å²) in [5.74, 6) is 1.73. The van der Waals surface area contributed by atoms with Gasteiger partial charge in [0, 0.05) is 31.6 Å². The molecule has 2 N–H and O–H groups in total. The molecule has 1 aromatic rings. The van der Waals surface area contributed by atoms with Gasteiger partial charge in [-0.3, -0.25) is 9.89 Å². The van der Waals surface area contributed by atoms with E-state index in [1.54, 1.807) is 0 Å². The fourth-order valence-corrected chi connectivity index (χ4v) is 5.05. The molecular formula is C22H40IN5S. The van der Waals surface area contributed by atoms with Crippen molar-refractivity contribution in [1.82, 2.24) is 20.4 Å². The zero-order valence-electron chi connectivity index (χ0n) is 18.1. The molecule has 0 aromatic carbocycles. The van der Waals surface area contributed by atoms with Crippen LogP contribution in [0, 0.1) is 5.92 Å². The summed E-state index contributed by atoms with van der Waals surface area (Å²) in [7, 11) is 1.88. The number of halogens is 1. The number of rotatable bonds is 8. The van der Waals surface area contributed by atoms with Crippen LogP contribution in [0.4, 0.5) is 0 Å². The van der Waals surface area contributed by atoms with Gasteiger partial charge in [0.2, 0.25) is 0 Å². The number of nitrogens with one attached hydrogen (secondary N) is 2. The van der Waals surface area contributed by atoms with E-state index < -0.39 is 0 Å². The van der Waals surface area contributed by atoms with Crippen LogP contribution in [0.2, 0.25) is 0 Å². The highest BCUT2D eigenvalue weighted by atomic mass is 127. The van der Waals surface area contributed by atoms with Crippen molar-refractivity contribution < 1.29 is 0 Å². The van der Waals surface area contributed by atoms with Crippen molar-refractivity contribution in [2.75, 3.05) is 52.9 Å². The van der Waals surface area contributed by atoms with Gasteiger partial charge in [0.1, 0.15) is 0 Å². The first-order chi connectivity index (χ1) is 13.8. The van der Waals surface area contributed by atoms with Crippen LogP contribution in [0.25, 0.3) is 0 Å². The summed E-state index contributed by atoms with van der Waals surface area (Å²) in [5, 5.41) is 9.24. The smallest absolute Gasteiger partial charge is 0.190 e. The van der Waals surface area contributed by atoms with Crippen LogP contribution in [0.1, 0.15) is 49.8 Å². The van der Waals surface area contributed by atoms with Crippen LogP contribution in [-0.4, -0.2) is 68.6 Å². The van der Waals surface area contributed by atoms with Gasteiger partial charge in [0.25, 0.3) is 0 Å². The molecule has 0 atom stereocenters. The van der Waals surface area contributed by atoms with Gasteiger partial charge in [-0.05, 0) is 82.2 Å². The zero-order chi connectivity index (χ0) is 19.4. The van der Waals surface area contributed by atoms with Crippen LogP contribution in [0.3, 0.4) is 0 Å². The van der Waals surface area contributed by atoms with E-state index in [9.17, 15) is 0 Å². The number of hydrogen-bond acceptors (Lipinski definition) is 4. The van der Waals surface area contributed by atoms with Crippen molar-refractivity contribution in [2.24, 2.45) is 10.9 Å². The molecule has 2 aliphatic rings. The number of hydrogen-bond donors (Lipinski definition) is 2. The fraction of sp³-hybridized carbons (Fsp3) is 0.773. The molecule has 0 amide bonds. The highest BCUT2D eigenvalue weighted by Gasteiger charge is 2.19. The van der Waals surface area contributed by atoms with E-state index in [4.69, 9.17) is 0 Å². The van der Waals surface area contributed by atoms with E-state index in [-0.39, 0.29) is 24.0 Å². The molecule has 0 aliphatic carbocycles. The van der Waals surface area contributed by atoms with Gasteiger partial charge in [-0.25, -0.2) is 0 Å². The lowest BCUT2D eigenvalue weighted by atomic mass is 9.97. The molecule has 0 unspecified atom stereocenters. The van der Waals surface area contributed by atoms with E-state index in [1.165, 1.54) is 82.5 Å². The third-order valence-corrected chi connectivity index (χ3v) is 6.95. The Morgan fingerprint density at radius 3 is 2.48 bits per heavy atom. The molecule has 2 fully saturated rings. The maximum Gasteiger partial charge on any atom is 0.190 e. The van der Waals surface area contributed by atoms with E-state index in [2.05, 4.69) is 42.9 Å². The van der Waals surface area contributed by atoms with Crippen LogP contribution < -0.4 is 10.6 Å². The minimum atomic E-state index is 0. The number of guanidine groups is 1. The molecule has 0 spiro atoms. The van der Waals surface area contributed by atoms with E-state index in [0.29, 0.717) is 0 Å². The Morgan fingerprint density at radius 1 is 1.07 bits per heavy atom. The molecule has 0 radical (unpaired) electrons. The van der Waals surface area contributed by atoms with E-state index in [1.807, 2.05) is 18.4 Å². The minimum Gasteiger partial charge on any atom is -0.356 e. The summed E-state index contributed by atoms with van der Waals surface area (Å²) in [6.45, 7) is 9.40. The molecule has 2 saturated heterocycles. The third-order valence-electron chi connectivity index (χ3n) is 6.09. The first kappa shape index (κ1) is 24.9. The number of likely N-dealkylation sites (tertiary alicyclic amines) is 2. The summed E-state index contributed by atoms with van der Waals surface area (Å²) < 4.78 is 0. The molecule has 29 heavy (non-hydrogen) atoms. The summed E-state index contributed by atoms with van der Waals surface area (Å²) in [4.78, 5) is 11.1. The Bertz CT molecular complexity index is 550. The average Bonchev–Trinajstić information content (AvgIpc) is 3.09. The van der Waals surface area contributed by atoms with Crippen LogP contribution >= 0.6 is 35.3 Å². The summed E-state index contributed by atoms with van der Waals surface area (Å²) in [6.07, 6.45) is 9.35. The molecule has 2 aliphatic heterocycles. The van der Waals surface area contributed by atoms with Gasteiger partial charge in [0.15, 0.2) is 5.96 Å². The van der Waals surface area contributed by atoms with Crippen molar-refractivity contribution in [2.45, 2.75) is 51.5 Å². The standard InChI is InChI=1S/C22H39N5S.HI/c1-23-22(24-11-7-14-26-12-4-2-3-5-13-26)25-18-20-9-15-27(16-10-20)19-21-8-6-17-28-21;/h6,8,17,20H,2-5,7,9-16,18-19H2,1H3,(H2,23,24,25);1H. The Kier molecular flexibility index (Phi) is 12.5. The highest BCUT2D eigenvalue weighted by molar-refractivity contribution is 14.0. The minimum absolute atomic E-state index is 0. The monoisotopic (exact) mass is 533 g/mol. The van der Waals surface area contributed by atoms with Gasteiger partial charge in [-0.2, -0.15) is 0 Å². The van der Waals surface area contributed by atoms with Gasteiger partial charge in [0.05, 0.1) is 0 Å². The Hall–Kier alpha value is -0.380. The van der Waals surface area contributed by atoms with Gasteiger partial charge in [-0.1, -0.05) is 18.9 Å². The lowest BCUT2D eigenvalue weighted by Gasteiger charge is -2.32. The third kappa shape index (κ3) is 9.53. The topological polar surface area (TPSA) is 42.9 Å². The highest BCUT2D eigenvalue weighted by Crippen LogP contribution is 2.20. The largest absolute Gasteiger partial charge is 0.356 e. The first-order valence-corrected chi connectivity index (χ1v) is 12.1. The second-order valence-corrected chi connectivity index (χ2v) is 9.32. The van der Waals surface area contributed by atoms with Crippen molar-refractivity contribution in [1.29, 1.82) is 0 Å². The first-order valence-electron chi connectivity index (χ1n) is 11.2. The van der Waals surface area contributed by atoms with Crippen LogP contribution in [0.5, 0.6) is 0 Å². The van der Waals surface area contributed by atoms with Crippen LogP contribution in [-0.2, 0) is 6.54 Å². The molecule has 166 valence electrons. The normalized spacial score (nSPS) is 20.1. The molecule has 3 rings (SSSR count). The van der Waals surface area contributed by atoms with Crippen molar-refractivity contribution >= 4 is 41.3 Å². The van der Waals surface area contributed by atoms with Crippen molar-refractivity contribution in [3.8, 4) is 0 Å². The number of nitrogens with zero attached hydrogens (tertiary/aromatic N) is 3. The van der Waals surface area contributed by atoms with Gasteiger partial charge in [-0.15, -0.1) is 35.3 Å². The maximum absolute atomic E-state index is 4.41. The number of piperidine rings is 1. The van der Waals surface area contributed by atoms with Gasteiger partial charge >= 0.3 is 0 Å². The molecule has 5 nitrogen and oxygen atoms in total. The van der Waals surface area contributed by atoms with Crippen molar-refractivity contribution in [3.05, 3.63) is 22.4 Å². The van der Waals surface area contributed by atoms with Gasteiger partial charge < -0.3 is 15.5 Å². The molecule has 0 saturated carbocycles. The van der Waals surface area contributed by atoms with E-state index >= 15 is 0 Å². The quantitative estimate of drug-likeness (QED) is 0.230. The molecule has 7 heteroatoms. The van der Waals surface area contributed by atoms with Crippen LogP contribution in [0.15, 0.2) is 22.5 Å². The molecule has 3 heterocycles. The summed E-state index contributed by atoms with van der Waals surface area (Å²) in [5.41, 5.74) is 0. The predicted molar refractivity (Wildman–Crippen MR) is 137 cm³/mol. The summed E-state index contributed by atoms with van der Waals surface area (Å²) in [6, 6.07) is 4.41. The Morgan fingerprint density at radius 2 is 1.83 bits per heavy atom. The molecule has 0 bridgehead atoms. The SMILES string of the molecule is CN=C(NCCCN1CCCCCC1)NCC1CCN(Cc2cccs2)CC1.I. The molecular weight excluding hydrogens is 493 g/mol. The Labute approximate surface area is 198 Å². The fourth-order valence-electron chi connectivity index (χ4n) is 4.30. The second kappa shape index (κ2) is 14.6. The zero-order valence-corrected chi connectivity index (χ0v) is 21.2. The van der Waals surface area contributed by atoms with Crippen molar-refractivity contribution in [3.63, 3.8) is 0 Å². The number of thiophene rings is 1. The second-order valence-electron chi connectivity index (χ2n) is 8.29. The summed E-state index contributed by atoms with van der Waals surface area (Å²) >= 11 is 1.87. The Balaban J connectivity index is 0.00000300.